The molecule has 0 saturated heterocycles. The Hall–Kier alpha value is -0.860. The molecule has 2 nitrogen and oxygen atoms in total. The molecule has 0 saturated carbocycles. The Labute approximate surface area is 119 Å². The van der Waals surface area contributed by atoms with Crippen molar-refractivity contribution >= 4 is 0 Å². The average molecular weight is 262 g/mol. The van der Waals surface area contributed by atoms with Gasteiger partial charge in [0.15, 0.2) is 0 Å². The smallest absolute Gasteiger partial charge is 0.0236 e. The largest absolute Gasteiger partial charge is 0.326 e. The van der Waals surface area contributed by atoms with Gasteiger partial charge in [-0.25, -0.2) is 0 Å². The van der Waals surface area contributed by atoms with E-state index in [1.54, 1.807) is 0 Å². The first-order valence-corrected chi connectivity index (χ1v) is 7.81. The van der Waals surface area contributed by atoms with Crippen molar-refractivity contribution in [2.24, 2.45) is 5.73 Å². The van der Waals surface area contributed by atoms with Crippen LogP contribution < -0.4 is 5.73 Å². The van der Waals surface area contributed by atoms with E-state index in [1.165, 1.54) is 49.8 Å². The van der Waals surface area contributed by atoms with Gasteiger partial charge in [-0.3, -0.25) is 4.90 Å². The van der Waals surface area contributed by atoms with Crippen molar-refractivity contribution in [1.82, 2.24) is 4.90 Å². The molecule has 0 amide bonds. The van der Waals surface area contributed by atoms with E-state index < -0.39 is 0 Å². The van der Waals surface area contributed by atoms with Crippen LogP contribution in [0.15, 0.2) is 24.3 Å². The van der Waals surface area contributed by atoms with Gasteiger partial charge < -0.3 is 5.73 Å². The summed E-state index contributed by atoms with van der Waals surface area (Å²) in [6.07, 6.45) is 6.76. The molecular weight excluding hydrogens is 232 g/mol. The molecule has 0 aliphatic heterocycles. The zero-order valence-electron chi connectivity index (χ0n) is 12.7. The van der Waals surface area contributed by atoms with Crippen LogP contribution in [0.25, 0.3) is 0 Å². The topological polar surface area (TPSA) is 29.3 Å². The van der Waals surface area contributed by atoms with Gasteiger partial charge in [-0.1, -0.05) is 63.8 Å². The molecule has 0 spiro atoms. The zero-order valence-corrected chi connectivity index (χ0v) is 12.7. The lowest BCUT2D eigenvalue weighted by Crippen LogP contribution is -2.25. The van der Waals surface area contributed by atoms with Crippen molar-refractivity contribution < 1.29 is 0 Å². The average Bonchev–Trinajstić information content (AvgIpc) is 2.46. The summed E-state index contributed by atoms with van der Waals surface area (Å²) in [5.41, 5.74) is 8.48. The Bertz CT molecular complexity index is 336. The molecule has 1 rings (SSSR count). The highest BCUT2D eigenvalue weighted by molar-refractivity contribution is 5.26. The number of nitrogens with two attached hydrogens (primary N) is 1. The first-order valence-electron chi connectivity index (χ1n) is 7.81. The minimum absolute atomic E-state index is 0.643. The Morgan fingerprint density at radius 3 is 2.26 bits per heavy atom. The van der Waals surface area contributed by atoms with Crippen LogP contribution in [-0.4, -0.2) is 18.0 Å². The van der Waals surface area contributed by atoms with Crippen molar-refractivity contribution in [3.05, 3.63) is 35.4 Å². The molecule has 0 aromatic heterocycles. The number of rotatable bonds is 10. The summed E-state index contributed by atoms with van der Waals surface area (Å²) >= 11 is 0. The van der Waals surface area contributed by atoms with E-state index in [4.69, 9.17) is 5.73 Å². The van der Waals surface area contributed by atoms with Gasteiger partial charge in [0, 0.05) is 13.1 Å². The Morgan fingerprint density at radius 2 is 1.63 bits per heavy atom. The highest BCUT2D eigenvalue weighted by Gasteiger charge is 2.06. The summed E-state index contributed by atoms with van der Waals surface area (Å²) in [5.74, 6) is 0. The van der Waals surface area contributed by atoms with Crippen molar-refractivity contribution in [3.8, 4) is 0 Å². The number of unbranched alkanes of at least 4 members (excludes halogenated alkanes) is 4. The number of benzene rings is 1. The Morgan fingerprint density at radius 1 is 0.947 bits per heavy atom. The number of hydrogen-bond donors (Lipinski definition) is 1. The van der Waals surface area contributed by atoms with Gasteiger partial charge in [-0.2, -0.15) is 0 Å². The maximum atomic E-state index is 5.80. The van der Waals surface area contributed by atoms with Gasteiger partial charge in [0.1, 0.15) is 0 Å². The van der Waals surface area contributed by atoms with E-state index in [0.717, 1.165) is 13.1 Å². The fraction of sp³-hybridized carbons (Fsp3) is 0.647. The van der Waals surface area contributed by atoms with Crippen LogP contribution in [0.4, 0.5) is 0 Å². The molecule has 0 bridgehead atoms. The van der Waals surface area contributed by atoms with Crippen molar-refractivity contribution in [3.63, 3.8) is 0 Å². The van der Waals surface area contributed by atoms with E-state index in [0.29, 0.717) is 6.54 Å². The molecule has 0 heterocycles. The molecule has 1 aromatic rings. The molecule has 19 heavy (non-hydrogen) atoms. The van der Waals surface area contributed by atoms with Crippen LogP contribution in [-0.2, 0) is 13.1 Å². The second kappa shape index (κ2) is 9.99. The summed E-state index contributed by atoms with van der Waals surface area (Å²) in [6, 6.07) is 8.54. The normalized spacial score (nSPS) is 11.2. The predicted molar refractivity (Wildman–Crippen MR) is 84.0 cm³/mol. The third-order valence-corrected chi connectivity index (χ3v) is 3.76. The highest BCUT2D eigenvalue weighted by Crippen LogP contribution is 2.12. The molecule has 0 aliphatic carbocycles. The molecule has 108 valence electrons. The molecule has 2 N–H and O–H groups in total. The summed E-state index contributed by atoms with van der Waals surface area (Å²) in [5, 5.41) is 0. The van der Waals surface area contributed by atoms with Gasteiger partial charge in [0.05, 0.1) is 0 Å². The molecule has 2 heteroatoms. The van der Waals surface area contributed by atoms with Gasteiger partial charge in [-0.05, 0) is 30.6 Å². The van der Waals surface area contributed by atoms with E-state index in [-0.39, 0.29) is 0 Å². The van der Waals surface area contributed by atoms with Gasteiger partial charge in [-0.15, -0.1) is 0 Å². The van der Waals surface area contributed by atoms with Crippen molar-refractivity contribution in [2.75, 3.05) is 13.1 Å². The van der Waals surface area contributed by atoms with Gasteiger partial charge in [0.25, 0.3) is 0 Å². The third-order valence-electron chi connectivity index (χ3n) is 3.76. The van der Waals surface area contributed by atoms with Crippen molar-refractivity contribution in [1.29, 1.82) is 0 Å². The number of hydrogen-bond acceptors (Lipinski definition) is 2. The first kappa shape index (κ1) is 16.2. The maximum absolute atomic E-state index is 5.80. The summed E-state index contributed by atoms with van der Waals surface area (Å²) in [7, 11) is 0. The quantitative estimate of drug-likeness (QED) is 0.647. The second-order valence-electron chi connectivity index (χ2n) is 5.26. The van der Waals surface area contributed by atoms with E-state index >= 15 is 0 Å². The molecule has 0 atom stereocenters. The minimum Gasteiger partial charge on any atom is -0.326 e. The monoisotopic (exact) mass is 262 g/mol. The lowest BCUT2D eigenvalue weighted by Gasteiger charge is -2.21. The summed E-state index contributed by atoms with van der Waals surface area (Å²) < 4.78 is 0. The first-order chi connectivity index (χ1) is 9.31. The molecule has 1 aromatic carbocycles. The third kappa shape index (κ3) is 6.22. The molecule has 0 fully saturated rings. The van der Waals surface area contributed by atoms with Crippen LogP contribution in [0, 0.1) is 0 Å². The zero-order chi connectivity index (χ0) is 13.9. The van der Waals surface area contributed by atoms with Crippen molar-refractivity contribution in [2.45, 2.75) is 59.0 Å². The van der Waals surface area contributed by atoms with Crippen LogP contribution in [0.2, 0.25) is 0 Å². The van der Waals surface area contributed by atoms with Crippen LogP contribution in [0.1, 0.15) is 57.1 Å². The standard InChI is InChI=1S/C17H30N2/c1-3-5-6-7-10-13-19(4-2)15-17-12-9-8-11-16(17)14-18/h8-9,11-12H,3-7,10,13-15,18H2,1-2H3. The fourth-order valence-electron chi connectivity index (χ4n) is 2.44. The molecule has 0 radical (unpaired) electrons. The Kier molecular flexibility index (Phi) is 8.52. The van der Waals surface area contributed by atoms with Crippen LogP contribution >= 0.6 is 0 Å². The molecular formula is C17H30N2. The summed E-state index contributed by atoms with van der Waals surface area (Å²) in [4.78, 5) is 2.53. The lowest BCUT2D eigenvalue weighted by molar-refractivity contribution is 0.272. The van der Waals surface area contributed by atoms with E-state index in [1.807, 2.05) is 0 Å². The predicted octanol–water partition coefficient (Wildman–Crippen LogP) is 3.94. The highest BCUT2D eigenvalue weighted by atomic mass is 15.1. The number of nitrogens with zero attached hydrogens (tertiary/aromatic N) is 1. The Balaban J connectivity index is 2.38. The fourth-order valence-corrected chi connectivity index (χ4v) is 2.44. The molecule has 0 aliphatic rings. The van der Waals surface area contributed by atoms with E-state index in [9.17, 15) is 0 Å². The van der Waals surface area contributed by atoms with Gasteiger partial charge in [0.2, 0.25) is 0 Å². The van der Waals surface area contributed by atoms with Crippen LogP contribution in [0.5, 0.6) is 0 Å². The summed E-state index contributed by atoms with van der Waals surface area (Å²) in [6.45, 7) is 8.52. The van der Waals surface area contributed by atoms with Gasteiger partial charge >= 0.3 is 0 Å². The second-order valence-corrected chi connectivity index (χ2v) is 5.26. The maximum Gasteiger partial charge on any atom is 0.0236 e. The lowest BCUT2D eigenvalue weighted by atomic mass is 10.1. The van der Waals surface area contributed by atoms with E-state index in [2.05, 4.69) is 43.0 Å². The molecule has 0 unspecified atom stereocenters. The minimum atomic E-state index is 0.643. The van der Waals surface area contributed by atoms with Crippen LogP contribution in [0.3, 0.4) is 0 Å². The SMILES string of the molecule is CCCCCCCN(CC)Cc1ccccc1CN.